The van der Waals surface area contributed by atoms with Crippen LogP contribution in [0.4, 0.5) is 5.69 Å². The summed E-state index contributed by atoms with van der Waals surface area (Å²) < 4.78 is 0. The highest BCUT2D eigenvalue weighted by Crippen LogP contribution is 2.18. The largest absolute Gasteiger partial charge is 0.478 e. The average Bonchev–Trinajstić information content (AvgIpc) is 3.08. The van der Waals surface area contributed by atoms with Gasteiger partial charge in [-0.3, -0.25) is 4.99 Å². The molecule has 1 aliphatic rings. The maximum atomic E-state index is 10.8. The van der Waals surface area contributed by atoms with Crippen molar-refractivity contribution in [3.05, 3.63) is 65.2 Å². The topological polar surface area (TPSA) is 73.7 Å². The Labute approximate surface area is 128 Å². The summed E-state index contributed by atoms with van der Waals surface area (Å²) in [6.07, 6.45) is 0. The second-order valence-corrected chi connectivity index (χ2v) is 5.06. The summed E-state index contributed by atoms with van der Waals surface area (Å²) in [4.78, 5) is 15.3. The van der Waals surface area contributed by atoms with Gasteiger partial charge in [0.05, 0.1) is 12.1 Å². The molecule has 0 bridgehead atoms. The maximum absolute atomic E-state index is 10.8. The fourth-order valence-electron chi connectivity index (χ4n) is 2.38. The number of hydrogen-bond donors (Lipinski definition) is 3. The lowest BCUT2D eigenvalue weighted by Crippen LogP contribution is -2.20. The van der Waals surface area contributed by atoms with E-state index in [0.29, 0.717) is 12.1 Å². The van der Waals surface area contributed by atoms with Crippen molar-refractivity contribution >= 4 is 17.5 Å². The van der Waals surface area contributed by atoms with Crippen molar-refractivity contribution in [3.63, 3.8) is 0 Å². The lowest BCUT2D eigenvalue weighted by molar-refractivity contribution is 0.0697. The molecule has 0 spiro atoms. The van der Waals surface area contributed by atoms with E-state index in [1.54, 1.807) is 12.1 Å². The van der Waals surface area contributed by atoms with E-state index in [4.69, 9.17) is 5.11 Å². The lowest BCUT2D eigenvalue weighted by Gasteiger charge is -2.12. The number of carbonyl (C=O) groups is 1. The van der Waals surface area contributed by atoms with E-state index in [1.807, 2.05) is 36.4 Å². The summed E-state index contributed by atoms with van der Waals surface area (Å²) in [5.41, 5.74) is 3.40. The van der Waals surface area contributed by atoms with Crippen LogP contribution in [0.15, 0.2) is 53.5 Å². The van der Waals surface area contributed by atoms with E-state index in [-0.39, 0.29) is 0 Å². The second-order valence-electron chi connectivity index (χ2n) is 5.06. The summed E-state index contributed by atoms with van der Waals surface area (Å²) in [7, 11) is 0. The number of benzene rings is 2. The van der Waals surface area contributed by atoms with Gasteiger partial charge in [0.2, 0.25) is 0 Å². The molecule has 0 aromatic heterocycles. The zero-order chi connectivity index (χ0) is 15.4. The Morgan fingerprint density at radius 1 is 1.18 bits per heavy atom. The molecule has 0 radical (unpaired) electrons. The first-order valence-electron chi connectivity index (χ1n) is 7.18. The first-order chi connectivity index (χ1) is 10.7. The third-order valence-corrected chi connectivity index (χ3v) is 3.54. The van der Waals surface area contributed by atoms with E-state index in [1.165, 1.54) is 0 Å². The number of carboxylic acid groups (broad SMARTS) is 1. The van der Waals surface area contributed by atoms with Gasteiger partial charge in [-0.05, 0) is 29.8 Å². The van der Waals surface area contributed by atoms with Crippen molar-refractivity contribution in [3.8, 4) is 0 Å². The molecule has 0 atom stereocenters. The third-order valence-electron chi connectivity index (χ3n) is 3.54. The molecule has 0 fully saturated rings. The van der Waals surface area contributed by atoms with Gasteiger partial charge in [-0.2, -0.15) is 0 Å². The number of carboxylic acids is 1. The van der Waals surface area contributed by atoms with Crippen LogP contribution in [-0.4, -0.2) is 30.0 Å². The number of nitrogens with one attached hydrogen (secondary N) is 2. The Balaban J connectivity index is 1.72. The number of aliphatic imine (C=N–C) groups is 1. The zero-order valence-corrected chi connectivity index (χ0v) is 12.0. The summed E-state index contributed by atoms with van der Waals surface area (Å²) in [5, 5.41) is 15.6. The fourth-order valence-corrected chi connectivity index (χ4v) is 2.38. The number of aromatic carboxylic acids is 1. The van der Waals surface area contributed by atoms with Gasteiger partial charge in [-0.25, -0.2) is 4.79 Å². The van der Waals surface area contributed by atoms with Crippen LogP contribution in [0, 0.1) is 0 Å². The minimum Gasteiger partial charge on any atom is -0.478 e. The van der Waals surface area contributed by atoms with Crippen molar-refractivity contribution in [2.24, 2.45) is 4.99 Å². The van der Waals surface area contributed by atoms with E-state index in [0.717, 1.165) is 35.7 Å². The normalized spacial score (nSPS) is 13.4. The Hall–Kier alpha value is -2.82. The van der Waals surface area contributed by atoms with Crippen LogP contribution >= 0.6 is 0 Å². The maximum Gasteiger partial charge on any atom is 0.335 e. The molecule has 2 aromatic rings. The van der Waals surface area contributed by atoms with Crippen LogP contribution in [0.25, 0.3) is 0 Å². The van der Waals surface area contributed by atoms with Gasteiger partial charge in [-0.15, -0.1) is 0 Å². The van der Waals surface area contributed by atoms with Gasteiger partial charge in [0.1, 0.15) is 5.84 Å². The quantitative estimate of drug-likeness (QED) is 0.791. The third kappa shape index (κ3) is 3.09. The first-order valence-corrected chi connectivity index (χ1v) is 7.18. The van der Waals surface area contributed by atoms with Crippen molar-refractivity contribution < 1.29 is 9.90 Å². The Morgan fingerprint density at radius 3 is 2.64 bits per heavy atom. The molecule has 1 aliphatic heterocycles. The molecule has 0 saturated heterocycles. The molecule has 0 amide bonds. The van der Waals surface area contributed by atoms with Gasteiger partial charge in [0.15, 0.2) is 0 Å². The van der Waals surface area contributed by atoms with Crippen LogP contribution in [0.5, 0.6) is 0 Å². The van der Waals surface area contributed by atoms with Crippen LogP contribution in [-0.2, 0) is 6.54 Å². The van der Waals surface area contributed by atoms with Crippen LogP contribution in [0.1, 0.15) is 21.5 Å². The fraction of sp³-hybridized carbons (Fsp3) is 0.176. The Bertz CT molecular complexity index is 708. The van der Waals surface area contributed by atoms with Gasteiger partial charge in [0.25, 0.3) is 0 Å². The molecule has 0 unspecified atom stereocenters. The van der Waals surface area contributed by atoms with Crippen molar-refractivity contribution in [1.82, 2.24) is 5.32 Å². The summed E-state index contributed by atoms with van der Waals surface area (Å²) >= 11 is 0. The predicted molar refractivity (Wildman–Crippen MR) is 86.6 cm³/mol. The van der Waals surface area contributed by atoms with E-state index < -0.39 is 5.97 Å². The predicted octanol–water partition coefficient (Wildman–Crippen LogP) is 2.35. The molecular formula is C17H17N3O2. The number of rotatable bonds is 5. The zero-order valence-electron chi connectivity index (χ0n) is 12.0. The number of amidine groups is 1. The first kappa shape index (κ1) is 14.1. The van der Waals surface area contributed by atoms with Crippen LogP contribution in [0.3, 0.4) is 0 Å². The van der Waals surface area contributed by atoms with Crippen LogP contribution < -0.4 is 10.6 Å². The number of hydrogen-bond acceptors (Lipinski definition) is 4. The van der Waals surface area contributed by atoms with E-state index in [9.17, 15) is 4.79 Å². The lowest BCUT2D eigenvalue weighted by atomic mass is 10.1. The number of nitrogens with zero attached hydrogens (tertiary/aromatic N) is 1. The molecule has 3 rings (SSSR count). The molecule has 0 aliphatic carbocycles. The van der Waals surface area contributed by atoms with E-state index >= 15 is 0 Å². The molecule has 0 saturated carbocycles. The summed E-state index contributed by atoms with van der Waals surface area (Å²) in [5.74, 6) is 0.0134. The highest BCUT2D eigenvalue weighted by atomic mass is 16.4. The highest BCUT2D eigenvalue weighted by Gasteiger charge is 2.11. The minimum atomic E-state index is -0.907. The van der Waals surface area contributed by atoms with Crippen molar-refractivity contribution in [1.29, 1.82) is 0 Å². The van der Waals surface area contributed by atoms with Crippen LogP contribution in [0.2, 0.25) is 0 Å². The molecule has 112 valence electrons. The molecular weight excluding hydrogens is 278 g/mol. The van der Waals surface area contributed by atoms with Crippen molar-refractivity contribution in [2.45, 2.75) is 6.54 Å². The monoisotopic (exact) mass is 295 g/mol. The molecule has 3 N–H and O–H groups in total. The SMILES string of the molecule is O=C(O)c1ccc(CNc2ccccc2C2=NCCN2)cc1. The molecule has 1 heterocycles. The van der Waals surface area contributed by atoms with Gasteiger partial charge in [0, 0.05) is 24.3 Å². The van der Waals surface area contributed by atoms with Gasteiger partial charge < -0.3 is 15.7 Å². The summed E-state index contributed by atoms with van der Waals surface area (Å²) in [6, 6.07) is 14.9. The van der Waals surface area contributed by atoms with Gasteiger partial charge in [-0.1, -0.05) is 24.3 Å². The van der Waals surface area contributed by atoms with E-state index in [2.05, 4.69) is 15.6 Å². The number of para-hydroxylation sites is 1. The van der Waals surface area contributed by atoms with Gasteiger partial charge >= 0.3 is 5.97 Å². The molecule has 5 heteroatoms. The number of anilines is 1. The smallest absolute Gasteiger partial charge is 0.335 e. The van der Waals surface area contributed by atoms with Crippen molar-refractivity contribution in [2.75, 3.05) is 18.4 Å². The minimum absolute atomic E-state index is 0.300. The average molecular weight is 295 g/mol. The Kier molecular flexibility index (Phi) is 4.05. The molecule has 5 nitrogen and oxygen atoms in total. The highest BCUT2D eigenvalue weighted by molar-refractivity contribution is 6.04. The molecule has 22 heavy (non-hydrogen) atoms. The summed E-state index contributed by atoms with van der Waals surface area (Å²) in [6.45, 7) is 2.31. The standard InChI is InChI=1S/C17H17N3O2/c21-17(22)13-7-5-12(6-8-13)11-20-15-4-2-1-3-14(15)16-18-9-10-19-16/h1-8,20H,9-11H2,(H,18,19)(H,21,22). The second kappa shape index (κ2) is 6.30. The Morgan fingerprint density at radius 2 is 1.95 bits per heavy atom. The molecule has 2 aromatic carbocycles.